The Hall–Kier alpha value is -5.57. The molecule has 0 spiro atoms. The molecule has 49 heavy (non-hydrogen) atoms. The van der Waals surface area contributed by atoms with Crippen LogP contribution in [0.25, 0.3) is 33.3 Å². The SMILES string of the molecule is [NH-]C1=C(/c2ccccc2)c2ccc([n-]2)/C(c2ccccc2)=C2/C=CC([N-]2)/C(c2ccccc2)=c2/cc/c([n-]2)=C(\c2ccccc2)C/C=C\1.[Pt+4]. The van der Waals surface area contributed by atoms with Crippen molar-refractivity contribution >= 4 is 22.3 Å². The maximum atomic E-state index is 9.32. The summed E-state index contributed by atoms with van der Waals surface area (Å²) in [6.45, 7) is 0. The molecule has 4 heterocycles. The van der Waals surface area contributed by atoms with E-state index in [0.717, 1.165) is 72.3 Å². The number of benzene rings is 4. The van der Waals surface area contributed by atoms with Crippen LogP contribution in [0.3, 0.4) is 0 Å². The Labute approximate surface area is 301 Å². The molecule has 6 aromatic rings. The van der Waals surface area contributed by atoms with Crippen molar-refractivity contribution in [2.75, 3.05) is 0 Å². The van der Waals surface area contributed by atoms with Gasteiger partial charge in [-0.25, -0.2) is 0 Å². The van der Waals surface area contributed by atoms with E-state index in [0.29, 0.717) is 12.1 Å². The van der Waals surface area contributed by atoms with Crippen molar-refractivity contribution in [1.29, 1.82) is 0 Å². The van der Waals surface area contributed by atoms with Crippen LogP contribution in [0, 0.1) is 0 Å². The summed E-state index contributed by atoms with van der Waals surface area (Å²) in [6.07, 6.45) is 8.88. The van der Waals surface area contributed by atoms with Crippen LogP contribution >= 0.6 is 0 Å². The molecule has 0 saturated heterocycles. The zero-order valence-electron chi connectivity index (χ0n) is 26.6. The molecule has 238 valence electrons. The van der Waals surface area contributed by atoms with Crippen molar-refractivity contribution < 1.29 is 21.1 Å². The summed E-state index contributed by atoms with van der Waals surface area (Å²) in [6, 6.07) is 49.4. The van der Waals surface area contributed by atoms with Crippen LogP contribution in [0.1, 0.15) is 40.1 Å². The van der Waals surface area contributed by atoms with Gasteiger partial charge in [0, 0.05) is 0 Å². The fraction of sp³-hybridized carbons (Fsp3) is 0.0455. The number of hydrogen-bond donors (Lipinski definition) is 0. The Morgan fingerprint density at radius 1 is 0.510 bits per heavy atom. The van der Waals surface area contributed by atoms with Gasteiger partial charge in [-0.3, -0.25) is 0 Å². The van der Waals surface area contributed by atoms with Crippen molar-refractivity contribution in [2.24, 2.45) is 0 Å². The van der Waals surface area contributed by atoms with E-state index in [1.54, 1.807) is 0 Å². The number of hydrogen-bond acceptors (Lipinski definition) is 0. The van der Waals surface area contributed by atoms with Gasteiger partial charge in [-0.15, -0.1) is 33.5 Å². The second kappa shape index (κ2) is 14.3. The quantitative estimate of drug-likeness (QED) is 0.179. The minimum atomic E-state index is -0.228. The molecule has 0 aliphatic carbocycles. The first kappa shape index (κ1) is 32.0. The van der Waals surface area contributed by atoms with Gasteiger partial charge in [-0.05, 0) is 39.8 Å². The second-order valence-electron chi connectivity index (χ2n) is 11.9. The average Bonchev–Trinajstić information content (AvgIpc) is 3.92. The maximum Gasteiger partial charge on any atom is 4.00 e. The van der Waals surface area contributed by atoms with Crippen LogP contribution in [0.2, 0.25) is 0 Å². The van der Waals surface area contributed by atoms with Crippen LogP contribution in [-0.2, 0) is 21.1 Å². The summed E-state index contributed by atoms with van der Waals surface area (Å²) in [5.41, 5.74) is 20.3. The molecule has 0 saturated carbocycles. The van der Waals surface area contributed by atoms with Crippen LogP contribution in [0.5, 0.6) is 0 Å². The third-order valence-electron chi connectivity index (χ3n) is 8.85. The second-order valence-corrected chi connectivity index (χ2v) is 11.9. The zero-order chi connectivity index (χ0) is 32.3. The largest absolute Gasteiger partial charge is 4.00 e. The predicted octanol–water partition coefficient (Wildman–Crippen LogP) is 8.54. The van der Waals surface area contributed by atoms with Crippen LogP contribution in [-0.4, -0.2) is 6.04 Å². The van der Waals surface area contributed by atoms with Gasteiger partial charge < -0.3 is 21.0 Å². The number of aromatic nitrogens is 2. The van der Waals surface area contributed by atoms with Gasteiger partial charge in [0.25, 0.3) is 0 Å². The maximum absolute atomic E-state index is 9.32. The van der Waals surface area contributed by atoms with Gasteiger partial charge >= 0.3 is 21.1 Å². The van der Waals surface area contributed by atoms with E-state index < -0.39 is 0 Å². The number of allylic oxidation sites excluding steroid dienone is 3. The number of rotatable bonds is 4. The number of nitrogens with one attached hydrogen (secondary N) is 1. The van der Waals surface area contributed by atoms with Crippen molar-refractivity contribution in [2.45, 2.75) is 12.5 Å². The van der Waals surface area contributed by atoms with Crippen LogP contribution in [0.4, 0.5) is 0 Å². The first-order valence-electron chi connectivity index (χ1n) is 16.2. The first-order chi connectivity index (χ1) is 23.7. The molecule has 1 unspecified atom stereocenters. The molecule has 2 aliphatic heterocycles. The summed E-state index contributed by atoms with van der Waals surface area (Å²) in [7, 11) is 0. The molecule has 2 aromatic heterocycles. The molecule has 4 aromatic carbocycles. The van der Waals surface area contributed by atoms with Gasteiger partial charge in [0.2, 0.25) is 0 Å². The van der Waals surface area contributed by atoms with E-state index >= 15 is 0 Å². The molecule has 5 heteroatoms. The summed E-state index contributed by atoms with van der Waals surface area (Å²) < 4.78 is 0. The molecular formula is C44H32N4Pt. The molecule has 1 atom stereocenters. The summed E-state index contributed by atoms with van der Waals surface area (Å²) >= 11 is 0. The Morgan fingerprint density at radius 2 is 1.04 bits per heavy atom. The number of nitrogens with zero attached hydrogens (tertiary/aromatic N) is 3. The van der Waals surface area contributed by atoms with E-state index in [4.69, 9.17) is 15.3 Å². The molecule has 8 rings (SSSR count). The topological polar surface area (TPSA) is 66.1 Å². The van der Waals surface area contributed by atoms with E-state index in [-0.39, 0.29) is 27.1 Å². The molecule has 1 N–H and O–H groups in total. The molecule has 4 nitrogen and oxygen atoms in total. The van der Waals surface area contributed by atoms with Gasteiger partial charge in [0.05, 0.1) is 0 Å². The van der Waals surface area contributed by atoms with Crippen molar-refractivity contribution in [3.63, 3.8) is 0 Å². The molecular weight excluding hydrogens is 780 g/mol. The van der Waals surface area contributed by atoms with E-state index in [9.17, 15) is 5.73 Å². The molecule has 0 radical (unpaired) electrons. The molecule has 0 amide bonds. The van der Waals surface area contributed by atoms with Crippen molar-refractivity contribution in [1.82, 2.24) is 9.97 Å². The van der Waals surface area contributed by atoms with Crippen molar-refractivity contribution in [3.8, 4) is 0 Å². The van der Waals surface area contributed by atoms with E-state index in [2.05, 4.69) is 97.1 Å². The Bertz CT molecular complexity index is 2330. The normalized spacial score (nSPS) is 21.8. The standard InChI is InChI=1S/C44H32N4.Pt/c45-35-23-13-22-34(30-14-5-1-6-15-30)36-24-25-38(46-36)43(32-18-9-3-10-19-32)40-28-29-41(48-40)44(33-20-11-4-12-21-33)39-27-26-37(47-39)42(35)31-16-7-2-8-17-31;/h1-21,23-29,40,45H,22H2;/q-4;+4/b23-13-,36-34+,42-35-,43-38-,44-41-;. The molecule has 2 aliphatic rings. The van der Waals surface area contributed by atoms with Gasteiger partial charge in [-0.2, -0.15) is 0 Å². The van der Waals surface area contributed by atoms with E-state index in [1.807, 2.05) is 72.8 Å². The molecule has 6 bridgehead atoms. The minimum Gasteiger partial charge on any atom is -0.698 e. The van der Waals surface area contributed by atoms with E-state index in [1.165, 1.54) is 0 Å². The molecule has 0 fully saturated rings. The average molecular weight is 812 g/mol. The zero-order valence-corrected chi connectivity index (χ0v) is 28.9. The summed E-state index contributed by atoms with van der Waals surface area (Å²) in [4.78, 5) is 10.5. The fourth-order valence-corrected chi connectivity index (χ4v) is 6.60. The van der Waals surface area contributed by atoms with Gasteiger partial charge in [0.1, 0.15) is 0 Å². The summed E-state index contributed by atoms with van der Waals surface area (Å²) in [5.74, 6) is 0. The minimum absolute atomic E-state index is 0. The van der Waals surface area contributed by atoms with Gasteiger partial charge in [0.15, 0.2) is 0 Å². The Morgan fingerprint density at radius 3 is 1.67 bits per heavy atom. The third-order valence-corrected chi connectivity index (χ3v) is 8.85. The summed E-state index contributed by atoms with van der Waals surface area (Å²) in [5, 5.41) is 7.19. The first-order valence-corrected chi connectivity index (χ1v) is 16.2. The van der Waals surface area contributed by atoms with Crippen LogP contribution < -0.4 is 20.7 Å². The monoisotopic (exact) mass is 811 g/mol. The predicted molar refractivity (Wildman–Crippen MR) is 196 cm³/mol. The van der Waals surface area contributed by atoms with Gasteiger partial charge in [-0.1, -0.05) is 187 Å². The Kier molecular flexibility index (Phi) is 9.32. The Balaban J connectivity index is 0.00000378. The third kappa shape index (κ3) is 6.48. The smallest absolute Gasteiger partial charge is 0.698 e. The van der Waals surface area contributed by atoms with Crippen LogP contribution in [0.15, 0.2) is 181 Å². The fourth-order valence-electron chi connectivity index (χ4n) is 6.60. The van der Waals surface area contributed by atoms with Crippen molar-refractivity contribution in [3.05, 3.63) is 237 Å². The number of fused-ring (bicyclic) bond motifs is 6.